The molecule has 0 spiro atoms. The van der Waals surface area contributed by atoms with Crippen molar-refractivity contribution in [2.24, 2.45) is 5.73 Å². The number of nitrogens with two attached hydrogens (primary N) is 1. The van der Waals surface area contributed by atoms with E-state index in [9.17, 15) is 19.2 Å². The highest BCUT2D eigenvalue weighted by Gasteiger charge is 2.29. The molecule has 0 aliphatic rings. The Hall–Kier alpha value is -2.16. The number of amides is 1. The molecule has 0 aromatic rings. The second-order valence-corrected chi connectivity index (χ2v) is 10.5. The Morgan fingerprint density at radius 3 is 1.61 bits per heavy atom. The first-order valence-electron chi connectivity index (χ1n) is 10.5. The molecule has 180 valence electrons. The SMILES string of the molecule is CC(C)(C)OC(=O)CCC(NC(=O)CCC(N)C(=O)OC(C)(C)C)C(=O)OC(C)(C)C. The van der Waals surface area contributed by atoms with Crippen LogP contribution in [0.25, 0.3) is 0 Å². The van der Waals surface area contributed by atoms with E-state index >= 15 is 0 Å². The Morgan fingerprint density at radius 1 is 0.710 bits per heavy atom. The summed E-state index contributed by atoms with van der Waals surface area (Å²) >= 11 is 0. The van der Waals surface area contributed by atoms with Gasteiger partial charge in [-0.05, 0) is 75.2 Å². The van der Waals surface area contributed by atoms with Gasteiger partial charge in [-0.1, -0.05) is 0 Å². The Bertz CT molecular complexity index is 640. The number of carbonyl (C=O) groups is 4. The lowest BCUT2D eigenvalue weighted by molar-refractivity contribution is -0.161. The minimum atomic E-state index is -1.03. The highest BCUT2D eigenvalue weighted by molar-refractivity contribution is 5.85. The van der Waals surface area contributed by atoms with Gasteiger partial charge in [0.2, 0.25) is 5.91 Å². The van der Waals surface area contributed by atoms with Gasteiger partial charge in [0.1, 0.15) is 28.9 Å². The predicted octanol–water partition coefficient (Wildman–Crippen LogP) is 2.38. The third kappa shape index (κ3) is 15.3. The first-order valence-corrected chi connectivity index (χ1v) is 10.5. The summed E-state index contributed by atoms with van der Waals surface area (Å²) < 4.78 is 15.8. The van der Waals surface area contributed by atoms with Crippen LogP contribution in [0.5, 0.6) is 0 Å². The van der Waals surface area contributed by atoms with Crippen LogP contribution in [0.2, 0.25) is 0 Å². The van der Waals surface area contributed by atoms with E-state index in [1.54, 1.807) is 62.3 Å². The molecule has 31 heavy (non-hydrogen) atoms. The third-order valence-electron chi connectivity index (χ3n) is 3.48. The third-order valence-corrected chi connectivity index (χ3v) is 3.48. The summed E-state index contributed by atoms with van der Waals surface area (Å²) in [5, 5.41) is 2.57. The normalized spacial score (nSPS) is 14.3. The van der Waals surface area contributed by atoms with E-state index in [-0.39, 0.29) is 25.7 Å². The Labute approximate surface area is 185 Å². The molecule has 0 aliphatic heterocycles. The molecule has 0 saturated heterocycles. The summed E-state index contributed by atoms with van der Waals surface area (Å²) in [5.41, 5.74) is 3.70. The number of carbonyl (C=O) groups excluding carboxylic acids is 4. The topological polar surface area (TPSA) is 134 Å². The molecule has 0 heterocycles. The zero-order chi connectivity index (χ0) is 24.6. The van der Waals surface area contributed by atoms with E-state index in [0.717, 1.165) is 0 Å². The van der Waals surface area contributed by atoms with Gasteiger partial charge in [0.05, 0.1) is 0 Å². The maximum absolute atomic E-state index is 12.5. The molecule has 2 unspecified atom stereocenters. The van der Waals surface area contributed by atoms with Crippen LogP contribution in [0.15, 0.2) is 0 Å². The summed E-state index contributed by atoms with van der Waals surface area (Å²) in [7, 11) is 0. The van der Waals surface area contributed by atoms with E-state index in [2.05, 4.69) is 5.32 Å². The highest BCUT2D eigenvalue weighted by Crippen LogP contribution is 2.14. The zero-order valence-corrected chi connectivity index (χ0v) is 20.4. The molecule has 0 radical (unpaired) electrons. The molecule has 1 amide bonds. The summed E-state index contributed by atoms with van der Waals surface area (Å²) in [6.45, 7) is 15.5. The second kappa shape index (κ2) is 11.5. The van der Waals surface area contributed by atoms with Gasteiger partial charge >= 0.3 is 17.9 Å². The molecule has 0 aliphatic carbocycles. The number of hydrogen-bond acceptors (Lipinski definition) is 8. The van der Waals surface area contributed by atoms with Gasteiger partial charge < -0.3 is 25.3 Å². The molecular weight excluding hydrogens is 404 g/mol. The Balaban J connectivity index is 4.93. The van der Waals surface area contributed by atoms with Crippen LogP contribution in [-0.4, -0.2) is 52.7 Å². The van der Waals surface area contributed by atoms with Crippen LogP contribution in [-0.2, 0) is 33.4 Å². The molecule has 0 aromatic carbocycles. The molecule has 0 saturated carbocycles. The van der Waals surface area contributed by atoms with Crippen LogP contribution in [0.3, 0.4) is 0 Å². The van der Waals surface area contributed by atoms with Crippen molar-refractivity contribution in [1.29, 1.82) is 0 Å². The Morgan fingerprint density at radius 2 is 1.16 bits per heavy atom. The van der Waals surface area contributed by atoms with Crippen molar-refractivity contribution in [3.63, 3.8) is 0 Å². The van der Waals surface area contributed by atoms with Crippen molar-refractivity contribution >= 4 is 23.8 Å². The van der Waals surface area contributed by atoms with Crippen LogP contribution >= 0.6 is 0 Å². The van der Waals surface area contributed by atoms with Crippen molar-refractivity contribution in [2.75, 3.05) is 0 Å². The standard InChI is InChI=1S/C22H40N2O7/c1-20(2,3)29-17(26)13-11-15(19(28)31-22(7,8)9)24-16(25)12-10-14(23)18(27)30-21(4,5)6/h14-15H,10-13,23H2,1-9H3,(H,24,25). The zero-order valence-electron chi connectivity index (χ0n) is 20.4. The number of ether oxygens (including phenoxy) is 3. The van der Waals surface area contributed by atoms with E-state index < -0.39 is 52.7 Å². The van der Waals surface area contributed by atoms with Crippen molar-refractivity contribution in [2.45, 2.75) is 117 Å². The van der Waals surface area contributed by atoms with Gasteiger partial charge in [-0.15, -0.1) is 0 Å². The first-order chi connectivity index (χ1) is 13.8. The monoisotopic (exact) mass is 444 g/mol. The van der Waals surface area contributed by atoms with Crippen LogP contribution in [0, 0.1) is 0 Å². The van der Waals surface area contributed by atoms with Crippen LogP contribution in [0.4, 0.5) is 0 Å². The quantitative estimate of drug-likeness (QED) is 0.409. The number of nitrogens with one attached hydrogen (secondary N) is 1. The number of rotatable bonds is 9. The molecule has 0 rings (SSSR count). The predicted molar refractivity (Wildman–Crippen MR) is 116 cm³/mol. The average molecular weight is 445 g/mol. The lowest BCUT2D eigenvalue weighted by atomic mass is 10.1. The number of hydrogen-bond donors (Lipinski definition) is 2. The lowest BCUT2D eigenvalue weighted by Crippen LogP contribution is -2.45. The smallest absolute Gasteiger partial charge is 0.329 e. The molecule has 0 fully saturated rings. The van der Waals surface area contributed by atoms with E-state index in [0.29, 0.717) is 0 Å². The maximum atomic E-state index is 12.5. The van der Waals surface area contributed by atoms with Crippen LogP contribution in [0.1, 0.15) is 88.0 Å². The fourth-order valence-electron chi connectivity index (χ4n) is 2.32. The molecular formula is C22H40N2O7. The van der Waals surface area contributed by atoms with Crippen molar-refractivity contribution in [3.8, 4) is 0 Å². The minimum absolute atomic E-state index is 0.0215. The van der Waals surface area contributed by atoms with Gasteiger partial charge in [-0.3, -0.25) is 14.4 Å². The minimum Gasteiger partial charge on any atom is -0.460 e. The van der Waals surface area contributed by atoms with Gasteiger partial charge in [0.15, 0.2) is 0 Å². The highest BCUT2D eigenvalue weighted by atomic mass is 16.6. The summed E-state index contributed by atoms with van der Waals surface area (Å²) in [6, 6.07) is -2.00. The van der Waals surface area contributed by atoms with E-state index in [1.165, 1.54) is 0 Å². The number of esters is 3. The summed E-state index contributed by atoms with van der Waals surface area (Å²) in [4.78, 5) is 48.8. The average Bonchev–Trinajstić information content (AvgIpc) is 2.51. The summed E-state index contributed by atoms with van der Waals surface area (Å²) in [5.74, 6) is -2.23. The van der Waals surface area contributed by atoms with Crippen LogP contribution < -0.4 is 11.1 Å². The van der Waals surface area contributed by atoms with Gasteiger partial charge in [0, 0.05) is 12.8 Å². The van der Waals surface area contributed by atoms with E-state index in [4.69, 9.17) is 19.9 Å². The van der Waals surface area contributed by atoms with Gasteiger partial charge in [0.25, 0.3) is 0 Å². The molecule has 3 N–H and O–H groups in total. The molecule has 0 bridgehead atoms. The second-order valence-electron chi connectivity index (χ2n) is 10.5. The van der Waals surface area contributed by atoms with Gasteiger partial charge in [-0.25, -0.2) is 4.79 Å². The summed E-state index contributed by atoms with van der Waals surface area (Å²) in [6.07, 6.45) is -0.0907. The molecule has 2 atom stereocenters. The molecule has 9 heteroatoms. The Kier molecular flexibility index (Phi) is 10.7. The lowest BCUT2D eigenvalue weighted by Gasteiger charge is -2.25. The van der Waals surface area contributed by atoms with Crippen molar-refractivity contribution in [3.05, 3.63) is 0 Å². The largest absolute Gasteiger partial charge is 0.460 e. The van der Waals surface area contributed by atoms with E-state index in [1.807, 2.05) is 0 Å². The fourth-order valence-corrected chi connectivity index (χ4v) is 2.32. The van der Waals surface area contributed by atoms with Crippen molar-refractivity contribution < 1.29 is 33.4 Å². The fraction of sp³-hybridized carbons (Fsp3) is 0.818. The first kappa shape index (κ1) is 28.8. The maximum Gasteiger partial charge on any atom is 0.329 e. The molecule has 9 nitrogen and oxygen atoms in total. The van der Waals surface area contributed by atoms with Gasteiger partial charge in [-0.2, -0.15) is 0 Å². The molecule has 0 aromatic heterocycles. The van der Waals surface area contributed by atoms with Crippen molar-refractivity contribution in [1.82, 2.24) is 5.32 Å².